The molecule has 0 aliphatic carbocycles. The molecule has 2 heterocycles. The van der Waals surface area contributed by atoms with Crippen LogP contribution in [0.15, 0.2) is 17.3 Å². The summed E-state index contributed by atoms with van der Waals surface area (Å²) in [6.07, 6.45) is 3.16. The lowest BCUT2D eigenvalue weighted by Gasteiger charge is -2.18. The molecular formula is C9H15N5O3S. The lowest BCUT2D eigenvalue weighted by Crippen LogP contribution is -2.33. The van der Waals surface area contributed by atoms with Crippen LogP contribution in [0.4, 0.5) is 5.95 Å². The third-order valence-electron chi connectivity index (χ3n) is 2.58. The van der Waals surface area contributed by atoms with Gasteiger partial charge in [-0.3, -0.25) is 5.43 Å². The quantitative estimate of drug-likeness (QED) is 0.546. The molecule has 0 radical (unpaired) electrons. The normalized spacial score (nSPS) is 18.3. The fraction of sp³-hybridized carbons (Fsp3) is 0.556. The molecule has 1 fully saturated rings. The lowest BCUT2D eigenvalue weighted by molar-refractivity contribution is 0.148. The third kappa shape index (κ3) is 2.75. The number of sulfonamides is 1. The van der Waals surface area contributed by atoms with E-state index in [1.807, 2.05) is 0 Å². The van der Waals surface area contributed by atoms with Gasteiger partial charge in [0, 0.05) is 19.7 Å². The zero-order valence-corrected chi connectivity index (χ0v) is 10.6. The second-order valence-electron chi connectivity index (χ2n) is 3.76. The van der Waals surface area contributed by atoms with Crippen molar-refractivity contribution in [2.75, 3.05) is 31.7 Å². The van der Waals surface area contributed by atoms with E-state index in [1.165, 1.54) is 16.7 Å². The van der Waals surface area contributed by atoms with E-state index in [4.69, 9.17) is 10.6 Å². The van der Waals surface area contributed by atoms with Crippen LogP contribution in [0, 0.1) is 0 Å². The van der Waals surface area contributed by atoms with E-state index in [9.17, 15) is 8.42 Å². The molecule has 2 rings (SSSR count). The fourth-order valence-corrected chi connectivity index (χ4v) is 2.99. The first-order valence-corrected chi connectivity index (χ1v) is 6.95. The molecule has 0 aromatic carbocycles. The third-order valence-corrected chi connectivity index (χ3v) is 4.43. The molecule has 0 amide bonds. The van der Waals surface area contributed by atoms with E-state index in [2.05, 4.69) is 15.4 Å². The van der Waals surface area contributed by atoms with Gasteiger partial charge in [-0.2, -0.15) is 4.31 Å². The van der Waals surface area contributed by atoms with Gasteiger partial charge in [-0.1, -0.05) is 0 Å². The largest absolute Gasteiger partial charge is 0.380 e. The van der Waals surface area contributed by atoms with Crippen LogP contribution < -0.4 is 11.3 Å². The Morgan fingerprint density at radius 3 is 2.67 bits per heavy atom. The minimum Gasteiger partial charge on any atom is -0.380 e. The summed E-state index contributed by atoms with van der Waals surface area (Å²) >= 11 is 0. The highest BCUT2D eigenvalue weighted by molar-refractivity contribution is 7.89. The van der Waals surface area contributed by atoms with Crippen molar-refractivity contribution in [3.05, 3.63) is 12.4 Å². The summed E-state index contributed by atoms with van der Waals surface area (Å²) in [5.41, 5.74) is 2.24. The topological polar surface area (TPSA) is 110 Å². The molecule has 0 unspecified atom stereocenters. The molecule has 1 aliphatic heterocycles. The molecule has 8 nitrogen and oxygen atoms in total. The number of rotatable bonds is 3. The van der Waals surface area contributed by atoms with Gasteiger partial charge >= 0.3 is 0 Å². The maximum absolute atomic E-state index is 12.3. The summed E-state index contributed by atoms with van der Waals surface area (Å²) in [6, 6.07) is 0. The summed E-state index contributed by atoms with van der Waals surface area (Å²) in [6.45, 7) is 1.78. The number of hydrazine groups is 1. The average molecular weight is 273 g/mol. The van der Waals surface area contributed by atoms with Crippen LogP contribution in [0.25, 0.3) is 0 Å². The number of anilines is 1. The van der Waals surface area contributed by atoms with Gasteiger partial charge in [0.1, 0.15) is 4.90 Å². The number of nitrogens with zero attached hydrogens (tertiary/aromatic N) is 3. The first-order chi connectivity index (χ1) is 8.64. The highest BCUT2D eigenvalue weighted by Gasteiger charge is 2.25. The van der Waals surface area contributed by atoms with Gasteiger partial charge in [-0.05, 0) is 6.42 Å². The van der Waals surface area contributed by atoms with E-state index < -0.39 is 10.0 Å². The van der Waals surface area contributed by atoms with E-state index in [-0.39, 0.29) is 10.8 Å². The van der Waals surface area contributed by atoms with Crippen LogP contribution >= 0.6 is 0 Å². The maximum Gasteiger partial charge on any atom is 0.246 e. The van der Waals surface area contributed by atoms with Crippen molar-refractivity contribution >= 4 is 16.0 Å². The van der Waals surface area contributed by atoms with Gasteiger partial charge in [-0.25, -0.2) is 24.2 Å². The average Bonchev–Trinajstić information content (AvgIpc) is 2.68. The van der Waals surface area contributed by atoms with Crippen LogP contribution in [0.5, 0.6) is 0 Å². The Kier molecular flexibility index (Phi) is 4.07. The molecule has 18 heavy (non-hydrogen) atoms. The number of hydrogen-bond donors (Lipinski definition) is 2. The number of hydrogen-bond acceptors (Lipinski definition) is 7. The fourth-order valence-electron chi connectivity index (χ4n) is 1.64. The highest BCUT2D eigenvalue weighted by atomic mass is 32.2. The molecule has 0 spiro atoms. The molecule has 1 saturated heterocycles. The number of nitrogen functional groups attached to an aromatic ring is 1. The van der Waals surface area contributed by atoms with Crippen molar-refractivity contribution < 1.29 is 13.2 Å². The molecule has 1 aromatic rings. The first-order valence-electron chi connectivity index (χ1n) is 5.51. The van der Waals surface area contributed by atoms with E-state index in [0.29, 0.717) is 32.7 Å². The van der Waals surface area contributed by atoms with E-state index in [1.54, 1.807) is 0 Å². The number of nitrogens with two attached hydrogens (primary N) is 1. The Labute approximate surface area is 105 Å². The molecule has 1 aromatic heterocycles. The standard InChI is InChI=1S/C9H15N5O3S/c10-13-9-11-6-8(7-12-9)18(15,16)14-2-1-4-17-5-3-14/h6-7H,1-5,10H2,(H,11,12,13). The minimum absolute atomic E-state index is 0.0587. The lowest BCUT2D eigenvalue weighted by atomic mass is 10.5. The molecule has 100 valence electrons. The molecular weight excluding hydrogens is 258 g/mol. The molecule has 1 aliphatic rings. The minimum atomic E-state index is -3.55. The monoisotopic (exact) mass is 273 g/mol. The smallest absolute Gasteiger partial charge is 0.246 e. The predicted octanol–water partition coefficient (Wildman–Crippen LogP) is -0.827. The van der Waals surface area contributed by atoms with Gasteiger partial charge < -0.3 is 4.74 Å². The summed E-state index contributed by atoms with van der Waals surface area (Å²) in [5, 5.41) is 0. The van der Waals surface area contributed by atoms with Crippen molar-refractivity contribution in [3.63, 3.8) is 0 Å². The second-order valence-corrected chi connectivity index (χ2v) is 5.69. The molecule has 3 N–H and O–H groups in total. The van der Waals surface area contributed by atoms with Crippen LogP contribution in [-0.4, -0.2) is 49.0 Å². The van der Waals surface area contributed by atoms with Gasteiger partial charge in [0.05, 0.1) is 19.0 Å². The van der Waals surface area contributed by atoms with Crippen LogP contribution in [-0.2, 0) is 14.8 Å². The molecule has 0 saturated carbocycles. The van der Waals surface area contributed by atoms with Crippen molar-refractivity contribution in [3.8, 4) is 0 Å². The van der Waals surface area contributed by atoms with Crippen molar-refractivity contribution in [1.82, 2.24) is 14.3 Å². The van der Waals surface area contributed by atoms with Gasteiger partial charge in [0.2, 0.25) is 16.0 Å². The summed E-state index contributed by atoms with van der Waals surface area (Å²) < 4.78 is 31.2. The Hall–Kier alpha value is -1.29. The Morgan fingerprint density at radius 2 is 2.00 bits per heavy atom. The van der Waals surface area contributed by atoms with Gasteiger partial charge in [0.25, 0.3) is 0 Å². The first kappa shape index (κ1) is 13.1. The maximum atomic E-state index is 12.3. The second kappa shape index (κ2) is 5.57. The number of aromatic nitrogens is 2. The molecule has 9 heteroatoms. The van der Waals surface area contributed by atoms with Crippen LogP contribution in [0.1, 0.15) is 6.42 Å². The van der Waals surface area contributed by atoms with Crippen molar-refractivity contribution in [2.24, 2.45) is 5.84 Å². The summed E-state index contributed by atoms with van der Waals surface area (Å²) in [7, 11) is -3.55. The van der Waals surface area contributed by atoms with E-state index >= 15 is 0 Å². The van der Waals surface area contributed by atoms with Crippen molar-refractivity contribution in [2.45, 2.75) is 11.3 Å². The SMILES string of the molecule is NNc1ncc(S(=O)(=O)N2CCCOCC2)cn1. The zero-order chi connectivity index (χ0) is 13.0. The van der Waals surface area contributed by atoms with E-state index in [0.717, 1.165) is 0 Å². The zero-order valence-electron chi connectivity index (χ0n) is 9.74. The van der Waals surface area contributed by atoms with Gasteiger partial charge in [-0.15, -0.1) is 0 Å². The number of nitrogens with one attached hydrogen (secondary N) is 1. The van der Waals surface area contributed by atoms with Crippen LogP contribution in [0.3, 0.4) is 0 Å². The summed E-state index contributed by atoms with van der Waals surface area (Å²) in [4.78, 5) is 7.65. The molecule has 0 atom stereocenters. The Morgan fingerprint density at radius 1 is 1.28 bits per heavy atom. The number of ether oxygens (including phenoxy) is 1. The van der Waals surface area contributed by atoms with Crippen LogP contribution in [0.2, 0.25) is 0 Å². The Balaban J connectivity index is 2.22. The Bertz CT molecular complexity index is 481. The highest BCUT2D eigenvalue weighted by Crippen LogP contribution is 2.16. The van der Waals surface area contributed by atoms with Gasteiger partial charge in [0.15, 0.2) is 0 Å². The predicted molar refractivity (Wildman–Crippen MR) is 64.0 cm³/mol. The summed E-state index contributed by atoms with van der Waals surface area (Å²) in [5.74, 6) is 5.30. The molecule has 0 bridgehead atoms. The van der Waals surface area contributed by atoms with Crippen molar-refractivity contribution in [1.29, 1.82) is 0 Å².